The molecular formula is C51H48IrN2O-2. The van der Waals surface area contributed by atoms with Gasteiger partial charge in [-0.1, -0.05) is 144 Å². The number of rotatable bonds is 4. The van der Waals surface area contributed by atoms with Gasteiger partial charge >= 0.3 is 0 Å². The molecule has 0 amide bonds. The molecule has 0 saturated carbocycles. The Kier molecular flexibility index (Phi) is 8.18. The molecule has 0 bridgehead atoms. The number of benzene rings is 5. The predicted molar refractivity (Wildman–Crippen MR) is 227 cm³/mol. The first-order chi connectivity index (χ1) is 29.8. The number of aromatic nitrogens is 2. The fraction of sp³-hybridized carbons (Fsp3) is 0.216. The number of nitrogens with zero attached hydrogens (tertiary/aromatic N) is 2. The Balaban J connectivity index is 0.000000227. The molecule has 0 fully saturated rings. The Labute approximate surface area is 354 Å². The van der Waals surface area contributed by atoms with Crippen LogP contribution in [0.4, 0.5) is 0 Å². The molecule has 3 aromatic heterocycles. The zero-order valence-corrected chi connectivity index (χ0v) is 34.1. The van der Waals surface area contributed by atoms with Gasteiger partial charge < -0.3 is 14.4 Å². The second-order valence-electron chi connectivity index (χ2n) is 15.5. The fourth-order valence-electron chi connectivity index (χ4n) is 6.37. The van der Waals surface area contributed by atoms with E-state index >= 15 is 0 Å². The van der Waals surface area contributed by atoms with Gasteiger partial charge in [0.1, 0.15) is 5.58 Å². The molecule has 0 N–H and O–H groups in total. The second-order valence-corrected chi connectivity index (χ2v) is 15.5. The van der Waals surface area contributed by atoms with Gasteiger partial charge in [-0.25, -0.2) is 0 Å². The van der Waals surface area contributed by atoms with Crippen LogP contribution in [-0.2, 0) is 30.9 Å². The van der Waals surface area contributed by atoms with Crippen LogP contribution in [0.2, 0.25) is 0 Å². The molecule has 0 spiro atoms. The summed E-state index contributed by atoms with van der Waals surface area (Å²) in [4.78, 5) is 8.92. The third kappa shape index (κ3) is 8.42. The summed E-state index contributed by atoms with van der Waals surface area (Å²) in [5.41, 5.74) is 7.06. The van der Waals surface area contributed by atoms with Crippen LogP contribution in [0.25, 0.3) is 66.7 Å². The van der Waals surface area contributed by atoms with Gasteiger partial charge in [-0.3, -0.25) is 0 Å². The minimum absolute atomic E-state index is 0. The normalized spacial score (nSPS) is 14.9. The van der Waals surface area contributed by atoms with Crippen LogP contribution in [0, 0.1) is 32.7 Å². The Bertz CT molecular complexity index is 2990. The Morgan fingerprint density at radius 3 is 2.11 bits per heavy atom. The Morgan fingerprint density at radius 2 is 1.36 bits per heavy atom. The van der Waals surface area contributed by atoms with E-state index in [1.54, 1.807) is 36.5 Å². The average molecular weight is 907 g/mol. The number of pyridine rings is 2. The molecule has 0 aliphatic carbocycles. The van der Waals surface area contributed by atoms with Gasteiger partial charge in [-0.15, -0.1) is 47.5 Å². The molecule has 8 rings (SSSR count). The number of hydrogen-bond donors (Lipinski definition) is 0. The maximum absolute atomic E-state index is 8.85. The first-order valence-corrected chi connectivity index (χ1v) is 17.9. The first kappa shape index (κ1) is 28.3. The largest absolute Gasteiger partial charge is 0.501 e. The van der Waals surface area contributed by atoms with Crippen molar-refractivity contribution in [3.8, 4) is 44.8 Å². The third-order valence-electron chi connectivity index (χ3n) is 9.51. The summed E-state index contributed by atoms with van der Waals surface area (Å²) >= 11 is 0. The summed E-state index contributed by atoms with van der Waals surface area (Å²) < 4.78 is 87.7. The van der Waals surface area contributed by atoms with Gasteiger partial charge in [0.25, 0.3) is 0 Å². The quantitative estimate of drug-likeness (QED) is 0.165. The molecule has 3 heterocycles. The standard InChI is InChI=1S/C29H26NO.C22H22N.Ir/c1-18-15-20(29(3,4)5)13-14-21(18)25-16-26(30-17-19(25)2)24-11-8-10-23-22-9-6-7-12-27(22)31-28(23)24;1-16-10-11-18(14-20(16)17-8-6-5-7-9-17)21-15-19(12-13-23-21)22(2,3)4;/h6-10,12-17H,1-5H3;5-10,12-15H,1-4H3;/q2*-1;/i1D3,2D3,14D;1D3;. The van der Waals surface area contributed by atoms with Gasteiger partial charge in [-0.05, 0) is 87.0 Å². The summed E-state index contributed by atoms with van der Waals surface area (Å²) in [5.74, 6) is 0. The molecule has 279 valence electrons. The topological polar surface area (TPSA) is 38.9 Å². The second kappa shape index (κ2) is 15.9. The molecule has 55 heavy (non-hydrogen) atoms. The number of para-hydroxylation sites is 1. The molecular weight excluding hydrogens is 849 g/mol. The van der Waals surface area contributed by atoms with Crippen LogP contribution in [0.15, 0.2) is 132 Å². The molecule has 5 aromatic carbocycles. The monoisotopic (exact) mass is 907 g/mol. The van der Waals surface area contributed by atoms with Crippen molar-refractivity contribution in [1.29, 1.82) is 0 Å². The zero-order valence-electron chi connectivity index (χ0n) is 41.7. The molecule has 1 radical (unpaired) electrons. The summed E-state index contributed by atoms with van der Waals surface area (Å²) in [6, 6.07) is 39.3. The van der Waals surface area contributed by atoms with Crippen LogP contribution >= 0.6 is 0 Å². The number of fused-ring (bicyclic) bond motifs is 3. The van der Waals surface area contributed by atoms with E-state index in [1.165, 1.54) is 11.8 Å². The smallest absolute Gasteiger partial charge is 0.120 e. The van der Waals surface area contributed by atoms with Gasteiger partial charge in [0.15, 0.2) is 0 Å². The minimum atomic E-state index is -2.59. The van der Waals surface area contributed by atoms with Gasteiger partial charge in [0.2, 0.25) is 0 Å². The van der Waals surface area contributed by atoms with Crippen molar-refractivity contribution < 1.29 is 38.2 Å². The first-order valence-electron chi connectivity index (χ1n) is 22.9. The van der Waals surface area contributed by atoms with Crippen LogP contribution in [0.1, 0.15) is 83.1 Å². The van der Waals surface area contributed by atoms with Crippen molar-refractivity contribution in [3.63, 3.8) is 0 Å². The summed E-state index contributed by atoms with van der Waals surface area (Å²) in [5, 5.41) is 1.78. The Morgan fingerprint density at radius 1 is 0.636 bits per heavy atom. The minimum Gasteiger partial charge on any atom is -0.501 e. The van der Waals surface area contributed by atoms with E-state index < -0.39 is 26.0 Å². The van der Waals surface area contributed by atoms with Gasteiger partial charge in [0, 0.05) is 50.2 Å². The third-order valence-corrected chi connectivity index (χ3v) is 9.51. The SMILES string of the molecule is [2H]C([2H])([2H])c1c[c-]c(-c2cc(C(C)(C)C)ccn2)cc1-c1ccccc1.[2H]c1cc(C(C)(C)C)cc(C([2H])([2H])[2H])c1-c1cc(-c2[c-]ccc3c2oc2ccccc23)ncc1C([2H])([2H])[2H].[Ir]. The van der Waals surface area contributed by atoms with Crippen molar-refractivity contribution >= 4 is 21.9 Å². The number of hydrogen-bond acceptors (Lipinski definition) is 3. The molecule has 0 aliphatic heterocycles. The molecule has 3 nitrogen and oxygen atoms in total. The summed E-state index contributed by atoms with van der Waals surface area (Å²) in [6.07, 6.45) is 3.04. The molecule has 0 aliphatic rings. The predicted octanol–water partition coefficient (Wildman–Crippen LogP) is 13.8. The van der Waals surface area contributed by atoms with Crippen molar-refractivity contribution in [1.82, 2.24) is 9.97 Å². The van der Waals surface area contributed by atoms with E-state index in [4.69, 9.17) is 18.1 Å². The molecule has 0 unspecified atom stereocenters. The maximum atomic E-state index is 8.85. The zero-order chi connectivity index (χ0) is 46.6. The van der Waals surface area contributed by atoms with E-state index in [9.17, 15) is 0 Å². The molecule has 0 saturated heterocycles. The van der Waals surface area contributed by atoms with E-state index in [-0.39, 0.29) is 53.8 Å². The van der Waals surface area contributed by atoms with Crippen LogP contribution in [0.5, 0.6) is 0 Å². The van der Waals surface area contributed by atoms with Crippen molar-refractivity contribution in [2.24, 2.45) is 0 Å². The molecule has 8 aromatic rings. The van der Waals surface area contributed by atoms with Crippen LogP contribution in [-0.4, -0.2) is 9.97 Å². The van der Waals surface area contributed by atoms with Crippen LogP contribution in [0.3, 0.4) is 0 Å². The van der Waals surface area contributed by atoms with E-state index in [0.29, 0.717) is 39.1 Å². The molecule has 0 atom stereocenters. The average Bonchev–Trinajstić information content (AvgIpc) is 3.61. The summed E-state index contributed by atoms with van der Waals surface area (Å²) in [6.45, 7) is 4.92. The van der Waals surface area contributed by atoms with E-state index in [1.807, 2.05) is 93.6 Å². The van der Waals surface area contributed by atoms with Crippen molar-refractivity contribution in [3.05, 3.63) is 168 Å². The number of furan rings is 1. The van der Waals surface area contributed by atoms with Crippen molar-refractivity contribution in [2.75, 3.05) is 0 Å². The Hall–Kier alpha value is -5.15. The van der Waals surface area contributed by atoms with E-state index in [0.717, 1.165) is 27.6 Å². The summed E-state index contributed by atoms with van der Waals surface area (Å²) in [7, 11) is 0. The van der Waals surface area contributed by atoms with E-state index in [2.05, 4.69) is 48.9 Å². The van der Waals surface area contributed by atoms with Gasteiger partial charge in [-0.2, -0.15) is 0 Å². The van der Waals surface area contributed by atoms with Crippen molar-refractivity contribution in [2.45, 2.75) is 72.9 Å². The number of aryl methyl sites for hydroxylation is 3. The fourth-order valence-corrected chi connectivity index (χ4v) is 6.37. The maximum Gasteiger partial charge on any atom is 0.120 e. The van der Waals surface area contributed by atoms with Crippen LogP contribution < -0.4 is 0 Å². The van der Waals surface area contributed by atoms with Gasteiger partial charge in [0.05, 0.1) is 6.95 Å². The molecule has 4 heteroatoms.